The maximum Gasteiger partial charge on any atom is 0.169 e. The first-order valence-corrected chi connectivity index (χ1v) is 4.72. The highest BCUT2D eigenvalue weighted by Crippen LogP contribution is 2.10. The van der Waals surface area contributed by atoms with E-state index in [-0.39, 0.29) is 0 Å². The molecule has 4 heteroatoms. The lowest BCUT2D eigenvalue weighted by atomic mass is 10.3. The predicted molar refractivity (Wildman–Crippen MR) is 55.4 cm³/mol. The molecular weight excluding hydrogens is 188 g/mol. The molecule has 0 saturated carbocycles. The van der Waals surface area contributed by atoms with Gasteiger partial charge < -0.3 is 0 Å². The summed E-state index contributed by atoms with van der Waals surface area (Å²) >= 11 is 0. The van der Waals surface area contributed by atoms with Crippen molar-refractivity contribution in [1.82, 2.24) is 15.0 Å². The van der Waals surface area contributed by atoms with E-state index in [1.54, 1.807) is 4.80 Å². The number of hydrogen-bond donors (Lipinski definition) is 0. The fraction of sp³-hybridized carbons (Fsp3) is 0. The highest BCUT2D eigenvalue weighted by Gasteiger charge is 2.03. The predicted octanol–water partition coefficient (Wildman–Crippen LogP) is 1.23. The average Bonchev–Trinajstić information content (AvgIpc) is 2.74. The van der Waals surface area contributed by atoms with Crippen LogP contribution in [-0.2, 0) is 0 Å². The molecule has 2 aromatic heterocycles. The highest BCUT2D eigenvalue weighted by atomic mass is 15.5. The van der Waals surface area contributed by atoms with Gasteiger partial charge >= 0.3 is 0 Å². The molecule has 3 aromatic rings. The Morgan fingerprint density at radius 2 is 1.47 bits per heavy atom. The molecule has 0 amide bonds. The Morgan fingerprint density at radius 3 is 2.07 bits per heavy atom. The maximum atomic E-state index is 4.37. The van der Waals surface area contributed by atoms with Crippen LogP contribution in [0.1, 0.15) is 0 Å². The zero-order valence-electron chi connectivity index (χ0n) is 7.96. The van der Waals surface area contributed by atoms with Gasteiger partial charge in [0.15, 0.2) is 12.4 Å². The summed E-state index contributed by atoms with van der Waals surface area (Å²) in [7, 11) is 0. The molecule has 15 heavy (non-hydrogen) atoms. The summed E-state index contributed by atoms with van der Waals surface area (Å²) in [6, 6.07) is 11.7. The molecule has 3 rings (SSSR count). The van der Waals surface area contributed by atoms with Gasteiger partial charge in [-0.05, 0) is 12.1 Å². The molecule has 0 atom stereocenters. The van der Waals surface area contributed by atoms with E-state index >= 15 is 0 Å². The SMILES string of the molecule is c1ccc2nn(-c3cc[nH+]cc3)nc2c1. The summed E-state index contributed by atoms with van der Waals surface area (Å²) in [5, 5.41) is 8.75. The number of nitrogens with one attached hydrogen (secondary N) is 1. The molecule has 1 N–H and O–H groups in total. The molecule has 0 aliphatic carbocycles. The van der Waals surface area contributed by atoms with Crippen LogP contribution in [0.3, 0.4) is 0 Å². The molecule has 0 unspecified atom stereocenters. The molecule has 0 bridgehead atoms. The summed E-state index contributed by atoms with van der Waals surface area (Å²) < 4.78 is 0. The minimum atomic E-state index is 0.908. The van der Waals surface area contributed by atoms with Crippen molar-refractivity contribution in [3.8, 4) is 5.69 Å². The van der Waals surface area contributed by atoms with Crippen LogP contribution in [0.2, 0.25) is 0 Å². The number of pyridine rings is 1. The van der Waals surface area contributed by atoms with E-state index < -0.39 is 0 Å². The minimum Gasteiger partial charge on any atom is -0.218 e. The second-order valence-electron chi connectivity index (χ2n) is 3.24. The number of H-pyrrole nitrogens is 1. The normalized spacial score (nSPS) is 10.7. The van der Waals surface area contributed by atoms with Crippen LogP contribution in [-0.4, -0.2) is 15.0 Å². The Kier molecular flexibility index (Phi) is 1.71. The highest BCUT2D eigenvalue weighted by molar-refractivity contribution is 5.73. The molecule has 0 fully saturated rings. The van der Waals surface area contributed by atoms with Crippen molar-refractivity contribution in [3.05, 3.63) is 48.8 Å². The van der Waals surface area contributed by atoms with Gasteiger partial charge in [-0.15, -0.1) is 15.0 Å². The van der Waals surface area contributed by atoms with Crippen molar-refractivity contribution < 1.29 is 4.98 Å². The van der Waals surface area contributed by atoms with Gasteiger partial charge in [-0.1, -0.05) is 12.1 Å². The molecule has 0 aliphatic heterocycles. The van der Waals surface area contributed by atoms with Gasteiger partial charge in [0.1, 0.15) is 11.0 Å². The first-order chi connectivity index (χ1) is 7.43. The Hall–Kier alpha value is -2.23. The summed E-state index contributed by atoms with van der Waals surface area (Å²) in [5.74, 6) is 0. The smallest absolute Gasteiger partial charge is 0.169 e. The van der Waals surface area contributed by atoms with Crippen molar-refractivity contribution in [3.63, 3.8) is 0 Å². The Morgan fingerprint density at radius 1 is 0.867 bits per heavy atom. The van der Waals surface area contributed by atoms with Gasteiger partial charge in [0.25, 0.3) is 0 Å². The van der Waals surface area contributed by atoms with Crippen LogP contribution >= 0.6 is 0 Å². The lowest BCUT2D eigenvalue weighted by molar-refractivity contribution is -0.377. The van der Waals surface area contributed by atoms with Crippen molar-refractivity contribution in [2.45, 2.75) is 0 Å². The second kappa shape index (κ2) is 3.16. The summed E-state index contributed by atoms with van der Waals surface area (Å²) in [6.07, 6.45) is 3.70. The molecule has 0 spiro atoms. The molecule has 0 aliphatic rings. The van der Waals surface area contributed by atoms with E-state index in [2.05, 4.69) is 15.2 Å². The van der Waals surface area contributed by atoms with Gasteiger partial charge in [0, 0.05) is 12.1 Å². The van der Waals surface area contributed by atoms with Crippen molar-refractivity contribution in [1.29, 1.82) is 0 Å². The van der Waals surface area contributed by atoms with Gasteiger partial charge in [-0.3, -0.25) is 0 Å². The van der Waals surface area contributed by atoms with E-state index in [4.69, 9.17) is 0 Å². The molecule has 4 nitrogen and oxygen atoms in total. The largest absolute Gasteiger partial charge is 0.218 e. The molecule has 0 radical (unpaired) electrons. The van der Waals surface area contributed by atoms with E-state index in [0.29, 0.717) is 0 Å². The third-order valence-corrected chi connectivity index (χ3v) is 2.22. The number of fused-ring (bicyclic) bond motifs is 1. The van der Waals surface area contributed by atoms with Gasteiger partial charge in [0.2, 0.25) is 0 Å². The lowest BCUT2D eigenvalue weighted by Gasteiger charge is -1.93. The number of hydrogen-bond acceptors (Lipinski definition) is 2. The van der Waals surface area contributed by atoms with Crippen molar-refractivity contribution in [2.75, 3.05) is 0 Å². The van der Waals surface area contributed by atoms with Crippen LogP contribution < -0.4 is 4.98 Å². The number of nitrogens with zero attached hydrogens (tertiary/aromatic N) is 3. The standard InChI is InChI=1S/C11H8N4/c1-2-4-11-10(3-1)13-15(14-11)9-5-7-12-8-6-9/h1-8H/p+1. The van der Waals surface area contributed by atoms with Gasteiger partial charge in [-0.2, -0.15) is 0 Å². The van der Waals surface area contributed by atoms with Crippen LogP contribution in [0.5, 0.6) is 0 Å². The van der Waals surface area contributed by atoms with Crippen LogP contribution in [0.25, 0.3) is 16.7 Å². The number of rotatable bonds is 1. The van der Waals surface area contributed by atoms with E-state index in [9.17, 15) is 0 Å². The fourth-order valence-electron chi connectivity index (χ4n) is 1.49. The van der Waals surface area contributed by atoms with E-state index in [1.807, 2.05) is 48.8 Å². The molecule has 2 heterocycles. The lowest BCUT2D eigenvalue weighted by Crippen LogP contribution is -2.03. The summed E-state index contributed by atoms with van der Waals surface area (Å²) in [5.41, 5.74) is 2.76. The number of aromatic nitrogens is 4. The summed E-state index contributed by atoms with van der Waals surface area (Å²) in [4.78, 5) is 4.60. The summed E-state index contributed by atoms with van der Waals surface area (Å²) in [6.45, 7) is 0. The Bertz CT molecular complexity index is 553. The van der Waals surface area contributed by atoms with Gasteiger partial charge in [0.05, 0.1) is 5.69 Å². The molecule has 0 saturated heterocycles. The zero-order valence-corrected chi connectivity index (χ0v) is 7.96. The fourth-order valence-corrected chi connectivity index (χ4v) is 1.49. The molecular formula is C11H9N4+. The third kappa shape index (κ3) is 1.36. The quantitative estimate of drug-likeness (QED) is 0.589. The van der Waals surface area contributed by atoms with E-state index in [0.717, 1.165) is 16.7 Å². The third-order valence-electron chi connectivity index (χ3n) is 2.22. The zero-order chi connectivity index (χ0) is 10.1. The maximum absolute atomic E-state index is 4.37. The van der Waals surface area contributed by atoms with E-state index in [1.165, 1.54) is 0 Å². The first-order valence-electron chi connectivity index (χ1n) is 4.72. The van der Waals surface area contributed by atoms with Crippen molar-refractivity contribution >= 4 is 11.0 Å². The average molecular weight is 197 g/mol. The van der Waals surface area contributed by atoms with Crippen LogP contribution in [0, 0.1) is 0 Å². The number of benzene rings is 1. The first kappa shape index (κ1) is 8.11. The molecule has 72 valence electrons. The Labute approximate surface area is 86.2 Å². The van der Waals surface area contributed by atoms with Gasteiger partial charge in [-0.25, -0.2) is 4.98 Å². The van der Waals surface area contributed by atoms with Crippen LogP contribution in [0.15, 0.2) is 48.8 Å². The van der Waals surface area contributed by atoms with Crippen molar-refractivity contribution in [2.24, 2.45) is 0 Å². The topological polar surface area (TPSA) is 44.9 Å². The Balaban J connectivity index is 2.21. The molecule has 1 aromatic carbocycles. The van der Waals surface area contributed by atoms with Crippen LogP contribution in [0.4, 0.5) is 0 Å². The number of aromatic amines is 1. The second-order valence-corrected chi connectivity index (χ2v) is 3.24. The minimum absolute atomic E-state index is 0.908. The monoisotopic (exact) mass is 197 g/mol.